The average Bonchev–Trinajstić information content (AvgIpc) is 2.96. The molecule has 0 bridgehead atoms. The van der Waals surface area contributed by atoms with Crippen molar-refractivity contribution >= 4 is 32.3 Å². The highest BCUT2D eigenvalue weighted by atomic mass is 35.5. The van der Waals surface area contributed by atoms with Gasteiger partial charge < -0.3 is 5.73 Å². The molecule has 1 aromatic carbocycles. The Kier molecular flexibility index (Phi) is 6.40. The molecular formula is C13H21ClN2O4S2. The topological polar surface area (TPSA) is 97.5 Å². The molecule has 2 rings (SSSR count). The number of rotatable bonds is 5. The molecule has 0 aliphatic carbocycles. The monoisotopic (exact) mass is 368 g/mol. The number of sulfonamides is 1. The number of nitrogens with two attached hydrogens (primary N) is 1. The van der Waals surface area contributed by atoms with Crippen LogP contribution in [0.3, 0.4) is 0 Å². The minimum atomic E-state index is -3.70. The fourth-order valence-corrected chi connectivity index (χ4v) is 5.24. The van der Waals surface area contributed by atoms with Crippen LogP contribution in [0.25, 0.3) is 0 Å². The predicted octanol–water partition coefficient (Wildman–Crippen LogP) is 1.01. The summed E-state index contributed by atoms with van der Waals surface area (Å²) in [4.78, 5) is 0.0481. The molecular weight excluding hydrogens is 348 g/mol. The molecule has 22 heavy (non-hydrogen) atoms. The maximum absolute atomic E-state index is 12.6. The second-order valence-corrected chi connectivity index (χ2v) is 9.19. The van der Waals surface area contributed by atoms with Crippen molar-refractivity contribution in [1.29, 1.82) is 0 Å². The molecule has 1 aliphatic rings. The van der Waals surface area contributed by atoms with E-state index in [1.165, 1.54) is 35.5 Å². The van der Waals surface area contributed by atoms with Crippen LogP contribution in [0.4, 0.5) is 0 Å². The summed E-state index contributed by atoms with van der Waals surface area (Å²) in [7, 11) is -7.13. The first-order valence-corrected chi connectivity index (χ1v) is 9.97. The van der Waals surface area contributed by atoms with Crippen LogP contribution in [0.15, 0.2) is 34.1 Å². The smallest absolute Gasteiger partial charge is 0.243 e. The van der Waals surface area contributed by atoms with Crippen LogP contribution in [0.2, 0.25) is 0 Å². The van der Waals surface area contributed by atoms with Gasteiger partial charge in [0.25, 0.3) is 0 Å². The zero-order valence-corrected chi connectivity index (χ0v) is 14.8. The number of nitrogens with zero attached hydrogens (tertiary/aromatic N) is 1. The summed E-state index contributed by atoms with van der Waals surface area (Å²) < 4.78 is 50.5. The van der Waals surface area contributed by atoms with E-state index in [2.05, 4.69) is 0 Å². The Hall–Kier alpha value is -0.670. The lowest BCUT2D eigenvalue weighted by molar-refractivity contribution is 0.393. The Morgan fingerprint density at radius 2 is 1.86 bits per heavy atom. The Labute approximate surface area is 138 Å². The van der Waals surface area contributed by atoms with Crippen molar-refractivity contribution in [1.82, 2.24) is 4.31 Å². The Morgan fingerprint density at radius 1 is 1.23 bits per heavy atom. The predicted molar refractivity (Wildman–Crippen MR) is 87.4 cm³/mol. The van der Waals surface area contributed by atoms with E-state index in [-0.39, 0.29) is 40.5 Å². The van der Waals surface area contributed by atoms with Gasteiger partial charge in [0.05, 0.1) is 15.5 Å². The molecule has 0 saturated carbocycles. The van der Waals surface area contributed by atoms with Crippen LogP contribution >= 0.6 is 12.4 Å². The van der Waals surface area contributed by atoms with Crippen molar-refractivity contribution in [3.05, 3.63) is 24.3 Å². The number of benzene rings is 1. The first-order valence-electron chi connectivity index (χ1n) is 6.87. The fourth-order valence-electron chi connectivity index (χ4n) is 2.49. The van der Waals surface area contributed by atoms with Crippen molar-refractivity contribution in [2.75, 3.05) is 18.8 Å². The second-order valence-electron chi connectivity index (χ2n) is 5.03. The van der Waals surface area contributed by atoms with E-state index in [9.17, 15) is 16.8 Å². The quantitative estimate of drug-likeness (QED) is 0.836. The van der Waals surface area contributed by atoms with Gasteiger partial charge in [0, 0.05) is 19.1 Å². The number of sulfone groups is 1. The average molecular weight is 369 g/mol. The lowest BCUT2D eigenvalue weighted by atomic mass is 10.2. The molecule has 6 nitrogen and oxygen atoms in total. The van der Waals surface area contributed by atoms with E-state index in [0.717, 1.165) is 12.8 Å². The SMILES string of the molecule is CCS(=O)(=O)c1cccc(S(=O)(=O)N2CCCC2CN)c1.Cl. The molecule has 1 atom stereocenters. The number of halogens is 1. The van der Waals surface area contributed by atoms with Gasteiger partial charge in [-0.3, -0.25) is 0 Å². The summed E-state index contributed by atoms with van der Waals surface area (Å²) in [5, 5.41) is 0. The van der Waals surface area contributed by atoms with Gasteiger partial charge in [-0.25, -0.2) is 16.8 Å². The molecule has 1 fully saturated rings. The standard InChI is InChI=1S/C13H20N2O4S2.ClH/c1-2-20(16,17)12-6-3-7-13(9-12)21(18,19)15-8-4-5-11(15)10-14;/h3,6-7,9,11H,2,4-5,8,10,14H2,1H3;1H. The third-order valence-electron chi connectivity index (χ3n) is 3.75. The van der Waals surface area contributed by atoms with E-state index < -0.39 is 19.9 Å². The molecule has 1 saturated heterocycles. The van der Waals surface area contributed by atoms with Gasteiger partial charge in [0.15, 0.2) is 9.84 Å². The van der Waals surface area contributed by atoms with Gasteiger partial charge in [-0.2, -0.15) is 4.31 Å². The summed E-state index contributed by atoms with van der Waals surface area (Å²) in [6, 6.07) is 5.34. The molecule has 126 valence electrons. The molecule has 0 radical (unpaired) electrons. The summed E-state index contributed by atoms with van der Waals surface area (Å²) in [5.74, 6) is -0.0638. The van der Waals surface area contributed by atoms with E-state index >= 15 is 0 Å². The van der Waals surface area contributed by atoms with E-state index in [0.29, 0.717) is 6.54 Å². The van der Waals surface area contributed by atoms with Gasteiger partial charge >= 0.3 is 0 Å². The summed E-state index contributed by atoms with van der Waals surface area (Å²) in [6.45, 7) is 2.22. The highest BCUT2D eigenvalue weighted by Gasteiger charge is 2.34. The van der Waals surface area contributed by atoms with E-state index in [4.69, 9.17) is 5.73 Å². The molecule has 2 N–H and O–H groups in total. The molecule has 1 unspecified atom stereocenters. The van der Waals surface area contributed by atoms with Gasteiger partial charge in [-0.1, -0.05) is 13.0 Å². The van der Waals surface area contributed by atoms with Crippen LogP contribution < -0.4 is 5.73 Å². The van der Waals surface area contributed by atoms with Crippen LogP contribution in [0, 0.1) is 0 Å². The maximum atomic E-state index is 12.6. The Balaban J connectivity index is 0.00000242. The minimum absolute atomic E-state index is 0. The fraction of sp³-hybridized carbons (Fsp3) is 0.538. The molecule has 1 aliphatic heterocycles. The van der Waals surface area contributed by atoms with Crippen LogP contribution in [-0.4, -0.2) is 46.0 Å². The normalized spacial score (nSPS) is 19.8. The van der Waals surface area contributed by atoms with Gasteiger partial charge in [0.1, 0.15) is 0 Å². The van der Waals surface area contributed by atoms with Crippen LogP contribution in [-0.2, 0) is 19.9 Å². The van der Waals surface area contributed by atoms with Gasteiger partial charge in [0.2, 0.25) is 10.0 Å². The summed E-state index contributed by atoms with van der Waals surface area (Å²) >= 11 is 0. The van der Waals surface area contributed by atoms with Gasteiger partial charge in [-0.15, -0.1) is 12.4 Å². The number of hydrogen-bond acceptors (Lipinski definition) is 5. The maximum Gasteiger partial charge on any atom is 0.243 e. The lowest BCUT2D eigenvalue weighted by Gasteiger charge is -2.23. The minimum Gasteiger partial charge on any atom is -0.329 e. The second kappa shape index (κ2) is 7.27. The van der Waals surface area contributed by atoms with Crippen molar-refractivity contribution in [3.8, 4) is 0 Å². The van der Waals surface area contributed by atoms with Crippen LogP contribution in [0.1, 0.15) is 19.8 Å². The van der Waals surface area contributed by atoms with Gasteiger partial charge in [-0.05, 0) is 31.0 Å². The zero-order chi connectivity index (χ0) is 15.7. The van der Waals surface area contributed by atoms with Crippen LogP contribution in [0.5, 0.6) is 0 Å². The van der Waals surface area contributed by atoms with E-state index in [1.807, 2.05) is 0 Å². The molecule has 0 amide bonds. The number of hydrogen-bond donors (Lipinski definition) is 1. The van der Waals surface area contributed by atoms with Crippen molar-refractivity contribution in [2.24, 2.45) is 5.73 Å². The molecule has 1 heterocycles. The Morgan fingerprint density at radius 3 is 2.45 bits per heavy atom. The lowest BCUT2D eigenvalue weighted by Crippen LogP contribution is -2.39. The molecule has 0 aromatic heterocycles. The van der Waals surface area contributed by atoms with Crippen molar-refractivity contribution < 1.29 is 16.8 Å². The first kappa shape index (κ1) is 19.4. The highest BCUT2D eigenvalue weighted by molar-refractivity contribution is 7.91. The third kappa shape index (κ3) is 3.62. The van der Waals surface area contributed by atoms with E-state index in [1.54, 1.807) is 0 Å². The molecule has 0 spiro atoms. The largest absolute Gasteiger partial charge is 0.329 e. The molecule has 9 heteroatoms. The first-order chi connectivity index (χ1) is 9.82. The Bertz CT molecular complexity index is 719. The third-order valence-corrected chi connectivity index (χ3v) is 7.43. The zero-order valence-electron chi connectivity index (χ0n) is 12.3. The van der Waals surface area contributed by atoms with Crippen molar-refractivity contribution in [2.45, 2.75) is 35.6 Å². The summed E-state index contributed by atoms with van der Waals surface area (Å²) in [6.07, 6.45) is 1.51. The highest BCUT2D eigenvalue weighted by Crippen LogP contribution is 2.27. The van der Waals surface area contributed by atoms with Crippen molar-refractivity contribution in [3.63, 3.8) is 0 Å². The molecule has 1 aromatic rings. The summed E-state index contributed by atoms with van der Waals surface area (Å²) in [5.41, 5.74) is 5.62.